The minimum absolute atomic E-state index is 0.0764. The van der Waals surface area contributed by atoms with Gasteiger partial charge in [-0.3, -0.25) is 0 Å². The molecule has 5 nitrogen and oxygen atoms in total. The molecule has 0 fully saturated rings. The third kappa shape index (κ3) is 24.8. The highest BCUT2D eigenvalue weighted by Gasteiger charge is 2.10. The maximum absolute atomic E-state index is 11.0. The summed E-state index contributed by atoms with van der Waals surface area (Å²) in [7, 11) is 0. The van der Waals surface area contributed by atoms with Gasteiger partial charge in [-0.25, -0.2) is 14.6 Å². The van der Waals surface area contributed by atoms with Gasteiger partial charge >= 0.3 is 6.09 Å². The monoisotopic (exact) mass is 438 g/mol. The average Bonchev–Trinajstić information content (AvgIpc) is 2.75. The van der Waals surface area contributed by atoms with E-state index in [1.807, 2.05) is 0 Å². The van der Waals surface area contributed by atoms with Crippen molar-refractivity contribution in [1.82, 2.24) is 5.32 Å². The third-order valence-corrected chi connectivity index (χ3v) is 6.12. The van der Waals surface area contributed by atoms with Gasteiger partial charge in [-0.15, -0.1) is 0 Å². The highest BCUT2D eigenvalue weighted by atomic mass is 16.4. The predicted octanol–water partition coefficient (Wildman–Crippen LogP) is 8.17. The van der Waals surface area contributed by atoms with Crippen molar-refractivity contribution < 1.29 is 14.7 Å². The summed E-state index contributed by atoms with van der Waals surface area (Å²) in [5.74, 6) is 0. The second kappa shape index (κ2) is 24.9. The van der Waals surface area contributed by atoms with Crippen LogP contribution in [0.5, 0.6) is 0 Å². The molecule has 1 amide bonds. The van der Waals surface area contributed by atoms with Crippen molar-refractivity contribution in [3.05, 3.63) is 0 Å². The van der Waals surface area contributed by atoms with Gasteiger partial charge in [-0.05, 0) is 19.3 Å². The molecule has 0 heterocycles. The quantitative estimate of drug-likeness (QED) is 0.0906. The van der Waals surface area contributed by atoms with Crippen LogP contribution in [0.1, 0.15) is 142 Å². The summed E-state index contributed by atoms with van der Waals surface area (Å²) < 4.78 is 0. The third-order valence-electron chi connectivity index (χ3n) is 6.12. The molecule has 0 aliphatic rings. The van der Waals surface area contributed by atoms with E-state index in [-0.39, 0.29) is 6.04 Å². The van der Waals surface area contributed by atoms with Crippen LogP contribution in [0.4, 0.5) is 4.79 Å². The number of hydrogen-bond acceptors (Lipinski definition) is 3. The van der Waals surface area contributed by atoms with Crippen LogP contribution >= 0.6 is 0 Å². The number of aliphatic imine (C=N–C) groups is 1. The van der Waals surface area contributed by atoms with E-state index < -0.39 is 6.09 Å². The maximum Gasteiger partial charge on any atom is 0.404 e. The normalized spacial score (nSPS) is 11.8. The van der Waals surface area contributed by atoms with Gasteiger partial charge in [0.1, 0.15) is 0 Å². The molecule has 1 atom stereocenters. The molecule has 0 aliphatic carbocycles. The number of nitrogens with one attached hydrogen (secondary N) is 1. The van der Waals surface area contributed by atoms with E-state index in [4.69, 9.17) is 5.11 Å². The number of unbranched alkanes of at least 4 members (excludes halogenated alkanes) is 17. The highest BCUT2D eigenvalue weighted by Crippen LogP contribution is 2.15. The molecule has 0 aromatic carbocycles. The van der Waals surface area contributed by atoms with Crippen LogP contribution in [0, 0.1) is 0 Å². The van der Waals surface area contributed by atoms with Crippen LogP contribution in [0.25, 0.3) is 0 Å². The largest absolute Gasteiger partial charge is 0.465 e. The Morgan fingerprint density at radius 2 is 1.10 bits per heavy atom. The van der Waals surface area contributed by atoms with E-state index in [9.17, 15) is 9.59 Å². The van der Waals surface area contributed by atoms with E-state index in [1.165, 1.54) is 89.9 Å². The molecule has 1 unspecified atom stereocenters. The number of hydrogen-bond donors (Lipinski definition) is 2. The van der Waals surface area contributed by atoms with Crippen LogP contribution < -0.4 is 5.32 Å². The van der Waals surface area contributed by atoms with Gasteiger partial charge in [-0.2, -0.15) is 0 Å². The first-order valence-corrected chi connectivity index (χ1v) is 13.2. The number of amides is 1. The zero-order valence-electron chi connectivity index (χ0n) is 20.3. The smallest absolute Gasteiger partial charge is 0.404 e. The van der Waals surface area contributed by atoms with Crippen molar-refractivity contribution in [2.75, 3.05) is 6.54 Å². The molecule has 0 aliphatic heterocycles. The van der Waals surface area contributed by atoms with Crippen LogP contribution in [-0.4, -0.2) is 29.9 Å². The summed E-state index contributed by atoms with van der Waals surface area (Å²) in [5, 5.41) is 11.7. The number of rotatable bonds is 24. The van der Waals surface area contributed by atoms with Crippen LogP contribution in [0.2, 0.25) is 0 Å². The minimum Gasteiger partial charge on any atom is -0.465 e. The molecule has 0 bridgehead atoms. The Morgan fingerprint density at radius 3 is 1.48 bits per heavy atom. The van der Waals surface area contributed by atoms with Gasteiger partial charge in [0.05, 0.1) is 6.54 Å². The molecule has 0 saturated heterocycles. The van der Waals surface area contributed by atoms with Crippen molar-refractivity contribution in [3.63, 3.8) is 0 Å². The second-order valence-corrected chi connectivity index (χ2v) is 9.06. The van der Waals surface area contributed by atoms with Crippen molar-refractivity contribution in [3.8, 4) is 0 Å². The van der Waals surface area contributed by atoms with E-state index in [2.05, 4.69) is 17.2 Å². The molecular formula is C26H50N2O3. The van der Waals surface area contributed by atoms with E-state index >= 15 is 0 Å². The Balaban J connectivity index is 3.49. The molecule has 0 aromatic heterocycles. The van der Waals surface area contributed by atoms with Gasteiger partial charge in [0.2, 0.25) is 6.08 Å². The first kappa shape index (κ1) is 29.7. The van der Waals surface area contributed by atoms with Gasteiger partial charge in [0.25, 0.3) is 0 Å². The van der Waals surface area contributed by atoms with Crippen LogP contribution in [0.3, 0.4) is 0 Å². The standard InChI is InChI=1S/C26H50N2O3/c1-2-3-4-5-6-7-8-9-10-11-12-13-14-15-18-21-25(28-26(30)31)22-19-16-17-20-23-27-24-29/h25,28H,2-23H2,1H3,(H,30,31). The molecule has 0 spiro atoms. The SMILES string of the molecule is CCCCCCCCCCCCCCCCCC(CCCCCCN=C=O)NC(=O)O. The number of carbonyl (C=O) groups excluding carboxylic acids is 1. The number of carboxylic acid groups (broad SMARTS) is 1. The second-order valence-electron chi connectivity index (χ2n) is 9.06. The number of isocyanates is 1. The Hall–Kier alpha value is -1.35. The molecule has 2 N–H and O–H groups in total. The van der Waals surface area contributed by atoms with Crippen molar-refractivity contribution in [2.45, 2.75) is 148 Å². The van der Waals surface area contributed by atoms with Gasteiger partial charge in [-0.1, -0.05) is 122 Å². The summed E-state index contributed by atoms with van der Waals surface area (Å²) in [4.78, 5) is 24.6. The fraction of sp³-hybridized carbons (Fsp3) is 0.923. The van der Waals surface area contributed by atoms with Gasteiger partial charge < -0.3 is 10.4 Å². The molecule has 182 valence electrons. The van der Waals surface area contributed by atoms with E-state index in [1.54, 1.807) is 6.08 Å². The Kier molecular flexibility index (Phi) is 23.8. The number of nitrogens with zero attached hydrogens (tertiary/aromatic N) is 1. The summed E-state index contributed by atoms with van der Waals surface area (Å²) in [6, 6.07) is 0.0764. The summed E-state index contributed by atoms with van der Waals surface area (Å²) in [5.41, 5.74) is 0. The lowest BCUT2D eigenvalue weighted by molar-refractivity contribution is 0.187. The van der Waals surface area contributed by atoms with Gasteiger partial charge in [0, 0.05) is 6.04 Å². The Labute approximate surface area is 191 Å². The predicted molar refractivity (Wildman–Crippen MR) is 131 cm³/mol. The highest BCUT2D eigenvalue weighted by molar-refractivity contribution is 5.64. The Bertz CT molecular complexity index is 436. The molecule has 0 saturated carbocycles. The maximum atomic E-state index is 11.0. The molecule has 31 heavy (non-hydrogen) atoms. The lowest BCUT2D eigenvalue weighted by Crippen LogP contribution is -2.33. The fourth-order valence-electron chi connectivity index (χ4n) is 4.21. The van der Waals surface area contributed by atoms with Crippen LogP contribution in [-0.2, 0) is 4.79 Å². The molecule has 5 heteroatoms. The molecule has 0 radical (unpaired) electrons. The lowest BCUT2D eigenvalue weighted by Gasteiger charge is -2.16. The van der Waals surface area contributed by atoms with Crippen molar-refractivity contribution in [1.29, 1.82) is 0 Å². The molecule has 0 aromatic rings. The topological polar surface area (TPSA) is 78.8 Å². The zero-order valence-corrected chi connectivity index (χ0v) is 20.3. The summed E-state index contributed by atoms with van der Waals surface area (Å²) >= 11 is 0. The minimum atomic E-state index is -0.911. The summed E-state index contributed by atoms with van der Waals surface area (Å²) in [6.07, 6.45) is 26.8. The first-order valence-electron chi connectivity index (χ1n) is 13.2. The van der Waals surface area contributed by atoms with E-state index in [0.29, 0.717) is 6.54 Å². The van der Waals surface area contributed by atoms with Crippen molar-refractivity contribution >= 4 is 12.2 Å². The first-order chi connectivity index (χ1) is 15.2. The average molecular weight is 439 g/mol. The zero-order chi connectivity index (χ0) is 22.8. The lowest BCUT2D eigenvalue weighted by atomic mass is 10.00. The molecular weight excluding hydrogens is 388 g/mol. The fourth-order valence-corrected chi connectivity index (χ4v) is 4.21. The summed E-state index contributed by atoms with van der Waals surface area (Å²) in [6.45, 7) is 2.83. The van der Waals surface area contributed by atoms with Crippen LogP contribution in [0.15, 0.2) is 4.99 Å². The van der Waals surface area contributed by atoms with Crippen molar-refractivity contribution in [2.24, 2.45) is 4.99 Å². The van der Waals surface area contributed by atoms with E-state index in [0.717, 1.165) is 44.9 Å². The van der Waals surface area contributed by atoms with Gasteiger partial charge in [0.15, 0.2) is 0 Å². The Morgan fingerprint density at radius 1 is 0.710 bits per heavy atom. The number of carbonyl (C=O) groups is 1. The molecule has 0 rings (SSSR count).